The van der Waals surface area contributed by atoms with Gasteiger partial charge < -0.3 is 15.1 Å². The minimum absolute atomic E-state index is 0.242. The fourth-order valence-electron chi connectivity index (χ4n) is 3.56. The number of anilines is 3. The number of nitrogens with zero attached hydrogens (tertiary/aromatic N) is 5. The van der Waals surface area contributed by atoms with Crippen molar-refractivity contribution in [3.8, 4) is 0 Å². The van der Waals surface area contributed by atoms with Gasteiger partial charge in [-0.25, -0.2) is 4.98 Å². The Balaban J connectivity index is 1.22. The third-order valence-corrected chi connectivity index (χ3v) is 5.23. The van der Waals surface area contributed by atoms with E-state index in [1.807, 2.05) is 53.4 Å². The summed E-state index contributed by atoms with van der Waals surface area (Å²) in [4.78, 5) is 20.9. The number of rotatable bonds is 7. The Labute approximate surface area is 176 Å². The second-order valence-corrected chi connectivity index (χ2v) is 7.32. The van der Waals surface area contributed by atoms with Gasteiger partial charge in [0.05, 0.1) is 0 Å². The Hall–Kier alpha value is -3.48. The average Bonchev–Trinajstić information content (AvgIpc) is 2.81. The maximum absolute atomic E-state index is 12.5. The fraction of sp³-hybridized carbons (Fsp3) is 0.304. The highest BCUT2D eigenvalue weighted by molar-refractivity contribution is 5.76. The summed E-state index contributed by atoms with van der Waals surface area (Å²) in [5, 5.41) is 11.7. The maximum Gasteiger partial charge on any atom is 0.222 e. The molecule has 0 spiro atoms. The minimum Gasteiger partial charge on any atom is -0.352 e. The van der Waals surface area contributed by atoms with Crippen LogP contribution in [0.5, 0.6) is 0 Å². The first-order valence-electron chi connectivity index (χ1n) is 10.4. The zero-order chi connectivity index (χ0) is 20.6. The monoisotopic (exact) mass is 402 g/mol. The van der Waals surface area contributed by atoms with Crippen LogP contribution in [0.2, 0.25) is 0 Å². The van der Waals surface area contributed by atoms with E-state index in [0.717, 1.165) is 50.7 Å². The van der Waals surface area contributed by atoms with Crippen molar-refractivity contribution >= 4 is 23.4 Å². The highest BCUT2D eigenvalue weighted by Gasteiger charge is 2.21. The fourth-order valence-corrected chi connectivity index (χ4v) is 3.56. The van der Waals surface area contributed by atoms with Gasteiger partial charge in [0.15, 0.2) is 11.6 Å². The third kappa shape index (κ3) is 5.31. The number of carbonyl (C=O) groups is 1. The SMILES string of the molecule is O=C(CCCc1ccccc1)N1CCN(c2ccc(Nc3ccccn3)nn2)CC1. The highest BCUT2D eigenvalue weighted by Crippen LogP contribution is 2.17. The zero-order valence-electron chi connectivity index (χ0n) is 16.9. The molecule has 0 unspecified atom stereocenters. The van der Waals surface area contributed by atoms with Crippen LogP contribution in [0.25, 0.3) is 0 Å². The van der Waals surface area contributed by atoms with Gasteiger partial charge in [-0.15, -0.1) is 10.2 Å². The predicted molar refractivity (Wildman–Crippen MR) is 118 cm³/mol. The first kappa shape index (κ1) is 19.8. The van der Waals surface area contributed by atoms with Crippen LogP contribution in [0, 0.1) is 0 Å². The van der Waals surface area contributed by atoms with Crippen LogP contribution in [0.15, 0.2) is 66.9 Å². The molecule has 2 aromatic heterocycles. The van der Waals surface area contributed by atoms with Crippen molar-refractivity contribution in [1.29, 1.82) is 0 Å². The number of nitrogens with one attached hydrogen (secondary N) is 1. The molecule has 1 fully saturated rings. The lowest BCUT2D eigenvalue weighted by atomic mass is 10.1. The number of hydrogen-bond acceptors (Lipinski definition) is 6. The summed E-state index contributed by atoms with van der Waals surface area (Å²) in [6.07, 6.45) is 4.16. The molecule has 0 radical (unpaired) electrons. The van der Waals surface area contributed by atoms with Gasteiger partial charge in [0.25, 0.3) is 0 Å². The Morgan fingerprint density at radius 1 is 0.867 bits per heavy atom. The Kier molecular flexibility index (Phi) is 6.49. The predicted octanol–water partition coefficient (Wildman–Crippen LogP) is 3.29. The number of aryl methyl sites for hydroxylation is 1. The second kappa shape index (κ2) is 9.82. The van der Waals surface area contributed by atoms with Crippen LogP contribution in [0.4, 0.5) is 17.5 Å². The van der Waals surface area contributed by atoms with Crippen molar-refractivity contribution in [2.75, 3.05) is 36.4 Å². The van der Waals surface area contributed by atoms with Gasteiger partial charge in [-0.2, -0.15) is 0 Å². The van der Waals surface area contributed by atoms with E-state index in [-0.39, 0.29) is 5.91 Å². The second-order valence-electron chi connectivity index (χ2n) is 7.32. The molecule has 154 valence electrons. The molecule has 1 N–H and O–H groups in total. The zero-order valence-corrected chi connectivity index (χ0v) is 16.9. The third-order valence-electron chi connectivity index (χ3n) is 5.23. The Bertz CT molecular complexity index is 925. The van der Waals surface area contributed by atoms with Gasteiger partial charge in [0.1, 0.15) is 5.82 Å². The number of carbonyl (C=O) groups excluding carboxylic acids is 1. The first-order valence-corrected chi connectivity index (χ1v) is 10.4. The van der Waals surface area contributed by atoms with Gasteiger partial charge in [-0.3, -0.25) is 4.79 Å². The number of hydrogen-bond donors (Lipinski definition) is 1. The van der Waals surface area contributed by atoms with E-state index in [1.54, 1.807) is 6.20 Å². The molecular formula is C23H26N6O. The molecule has 7 nitrogen and oxygen atoms in total. The van der Waals surface area contributed by atoms with E-state index in [2.05, 4.69) is 37.5 Å². The molecule has 3 heterocycles. The van der Waals surface area contributed by atoms with Crippen molar-refractivity contribution in [2.24, 2.45) is 0 Å². The van der Waals surface area contributed by atoms with Crippen molar-refractivity contribution in [1.82, 2.24) is 20.1 Å². The van der Waals surface area contributed by atoms with E-state index >= 15 is 0 Å². The molecule has 0 saturated carbocycles. The molecule has 0 atom stereocenters. The van der Waals surface area contributed by atoms with Crippen molar-refractivity contribution in [3.63, 3.8) is 0 Å². The van der Waals surface area contributed by atoms with Gasteiger partial charge in [-0.1, -0.05) is 36.4 Å². The molecule has 30 heavy (non-hydrogen) atoms. The molecule has 1 aliphatic heterocycles. The number of amides is 1. The van der Waals surface area contributed by atoms with E-state index in [1.165, 1.54) is 5.56 Å². The summed E-state index contributed by atoms with van der Waals surface area (Å²) >= 11 is 0. The summed E-state index contributed by atoms with van der Waals surface area (Å²) in [6, 6.07) is 19.8. The molecule has 7 heteroatoms. The van der Waals surface area contributed by atoms with Crippen LogP contribution >= 0.6 is 0 Å². The van der Waals surface area contributed by atoms with Crippen LogP contribution in [-0.4, -0.2) is 52.2 Å². The molecule has 1 aromatic carbocycles. The number of pyridine rings is 1. The lowest BCUT2D eigenvalue weighted by molar-refractivity contribution is -0.131. The molecule has 0 aliphatic carbocycles. The molecule has 0 bridgehead atoms. The number of aromatic nitrogens is 3. The molecule has 1 amide bonds. The summed E-state index contributed by atoms with van der Waals surface area (Å²) in [6.45, 7) is 2.98. The van der Waals surface area contributed by atoms with Gasteiger partial charge in [0, 0.05) is 38.8 Å². The molecule has 3 aromatic rings. The normalized spacial score (nSPS) is 13.9. The van der Waals surface area contributed by atoms with Gasteiger partial charge in [-0.05, 0) is 42.7 Å². The van der Waals surface area contributed by atoms with Gasteiger partial charge in [0.2, 0.25) is 5.91 Å². The lowest BCUT2D eigenvalue weighted by Crippen LogP contribution is -2.49. The van der Waals surface area contributed by atoms with E-state index < -0.39 is 0 Å². The van der Waals surface area contributed by atoms with Gasteiger partial charge >= 0.3 is 0 Å². The summed E-state index contributed by atoms with van der Waals surface area (Å²) in [5.41, 5.74) is 1.29. The van der Waals surface area contributed by atoms with Crippen molar-refractivity contribution < 1.29 is 4.79 Å². The standard InChI is InChI=1S/C23H26N6O/c30-23(11-6-9-19-7-2-1-3-8-19)29-17-15-28(16-18-29)22-13-12-21(26-27-22)25-20-10-4-5-14-24-20/h1-5,7-8,10,12-14H,6,9,11,15-18H2,(H,24,25,26). The van der Waals surface area contributed by atoms with E-state index in [4.69, 9.17) is 0 Å². The maximum atomic E-state index is 12.5. The molecule has 1 aliphatic rings. The number of benzene rings is 1. The van der Waals surface area contributed by atoms with E-state index in [0.29, 0.717) is 12.2 Å². The van der Waals surface area contributed by atoms with Crippen LogP contribution in [0.1, 0.15) is 18.4 Å². The largest absolute Gasteiger partial charge is 0.352 e. The summed E-state index contributed by atoms with van der Waals surface area (Å²) < 4.78 is 0. The van der Waals surface area contributed by atoms with Crippen molar-refractivity contribution in [2.45, 2.75) is 19.3 Å². The quantitative estimate of drug-likeness (QED) is 0.654. The molecule has 4 rings (SSSR count). The first-order chi connectivity index (χ1) is 14.8. The van der Waals surface area contributed by atoms with Crippen LogP contribution in [0.3, 0.4) is 0 Å². The summed E-state index contributed by atoms with van der Waals surface area (Å²) in [7, 11) is 0. The lowest BCUT2D eigenvalue weighted by Gasteiger charge is -2.35. The smallest absolute Gasteiger partial charge is 0.222 e. The topological polar surface area (TPSA) is 74.2 Å². The molecule has 1 saturated heterocycles. The molecular weight excluding hydrogens is 376 g/mol. The van der Waals surface area contributed by atoms with Crippen LogP contribution in [-0.2, 0) is 11.2 Å². The van der Waals surface area contributed by atoms with E-state index in [9.17, 15) is 4.79 Å². The van der Waals surface area contributed by atoms with Crippen molar-refractivity contribution in [3.05, 3.63) is 72.4 Å². The number of piperazine rings is 1. The highest BCUT2D eigenvalue weighted by atomic mass is 16.2. The Morgan fingerprint density at radius 3 is 2.37 bits per heavy atom. The average molecular weight is 403 g/mol. The Morgan fingerprint density at radius 2 is 1.67 bits per heavy atom. The summed E-state index contributed by atoms with van der Waals surface area (Å²) in [5.74, 6) is 2.47. The minimum atomic E-state index is 0.242. The van der Waals surface area contributed by atoms with Crippen LogP contribution < -0.4 is 10.2 Å².